The smallest absolute Gasteiger partial charge is 0.335 e. The zero-order chi connectivity index (χ0) is 17.6. The Morgan fingerprint density at radius 1 is 1.04 bits per heavy atom. The van der Waals surface area contributed by atoms with Crippen LogP contribution in [0.1, 0.15) is 21.7 Å². The maximum atomic E-state index is 10.9. The maximum Gasteiger partial charge on any atom is 0.335 e. The molecule has 0 saturated heterocycles. The van der Waals surface area contributed by atoms with Crippen LogP contribution in [0.4, 0.5) is 5.69 Å². The van der Waals surface area contributed by atoms with E-state index in [2.05, 4.69) is 22.8 Å². The van der Waals surface area contributed by atoms with Crippen molar-refractivity contribution in [2.45, 2.75) is 13.1 Å². The van der Waals surface area contributed by atoms with E-state index in [1.165, 1.54) is 5.56 Å². The third-order valence-electron chi connectivity index (χ3n) is 3.85. The molecule has 5 nitrogen and oxygen atoms in total. The van der Waals surface area contributed by atoms with Crippen LogP contribution in [0.2, 0.25) is 0 Å². The monoisotopic (exact) mass is 336 g/mol. The summed E-state index contributed by atoms with van der Waals surface area (Å²) in [5, 5.41) is 15.4. The molecule has 0 unspecified atom stereocenters. The minimum atomic E-state index is -0.934. The van der Waals surface area contributed by atoms with Crippen LogP contribution in [0.3, 0.4) is 0 Å². The second-order valence-corrected chi connectivity index (χ2v) is 5.73. The van der Waals surface area contributed by atoms with Gasteiger partial charge in [0.2, 0.25) is 0 Å². The number of benzene rings is 2. The molecule has 2 aromatic carbocycles. The Hall–Kier alpha value is -3.05. The molecule has 0 aliphatic carbocycles. The first-order valence-electron chi connectivity index (χ1n) is 8.05. The topological polar surface area (TPSA) is 74.5 Å². The van der Waals surface area contributed by atoms with Crippen LogP contribution in [0.25, 0.3) is 11.3 Å². The number of carbonyl (C=O) groups is 1. The van der Waals surface area contributed by atoms with Gasteiger partial charge >= 0.3 is 5.97 Å². The van der Waals surface area contributed by atoms with Gasteiger partial charge < -0.3 is 20.2 Å². The third-order valence-corrected chi connectivity index (χ3v) is 3.85. The van der Waals surface area contributed by atoms with Gasteiger partial charge in [-0.2, -0.15) is 0 Å². The fourth-order valence-corrected chi connectivity index (χ4v) is 2.59. The van der Waals surface area contributed by atoms with Gasteiger partial charge in [0, 0.05) is 17.8 Å². The van der Waals surface area contributed by atoms with Gasteiger partial charge in [-0.25, -0.2) is 4.79 Å². The van der Waals surface area contributed by atoms with Crippen molar-refractivity contribution >= 4 is 11.7 Å². The van der Waals surface area contributed by atoms with Crippen LogP contribution < -0.4 is 10.6 Å². The standard InChI is InChI=1S/C20H20N2O3/c1-21-12-14-3-2-4-17(11-14)22-13-18-9-10-19(25-18)15-5-7-16(8-6-15)20(23)24/h2-11,21-22H,12-13H2,1H3,(H,23,24). The van der Waals surface area contributed by atoms with Crippen LogP contribution in [0.5, 0.6) is 0 Å². The number of aromatic carboxylic acids is 1. The Balaban J connectivity index is 1.65. The minimum Gasteiger partial charge on any atom is -0.478 e. The molecule has 0 bridgehead atoms. The highest BCUT2D eigenvalue weighted by molar-refractivity contribution is 5.88. The van der Waals surface area contributed by atoms with Crippen molar-refractivity contribution in [1.82, 2.24) is 5.32 Å². The zero-order valence-corrected chi connectivity index (χ0v) is 14.0. The summed E-state index contributed by atoms with van der Waals surface area (Å²) in [4.78, 5) is 10.9. The van der Waals surface area contributed by atoms with Gasteiger partial charge in [0.15, 0.2) is 0 Å². The number of furan rings is 1. The van der Waals surface area contributed by atoms with E-state index in [9.17, 15) is 4.79 Å². The van der Waals surface area contributed by atoms with E-state index >= 15 is 0 Å². The SMILES string of the molecule is CNCc1cccc(NCc2ccc(-c3ccc(C(=O)O)cc3)o2)c1. The van der Waals surface area contributed by atoms with Gasteiger partial charge in [-0.15, -0.1) is 0 Å². The first-order valence-corrected chi connectivity index (χ1v) is 8.05. The number of rotatable bonds is 7. The molecule has 0 radical (unpaired) electrons. The normalized spacial score (nSPS) is 10.6. The van der Waals surface area contributed by atoms with Crippen molar-refractivity contribution in [3.63, 3.8) is 0 Å². The molecular formula is C20H20N2O3. The van der Waals surface area contributed by atoms with Crippen molar-refractivity contribution in [2.75, 3.05) is 12.4 Å². The van der Waals surface area contributed by atoms with Gasteiger partial charge in [-0.05, 0) is 49.0 Å². The molecule has 25 heavy (non-hydrogen) atoms. The van der Waals surface area contributed by atoms with E-state index in [0.717, 1.165) is 29.3 Å². The second-order valence-electron chi connectivity index (χ2n) is 5.73. The highest BCUT2D eigenvalue weighted by atomic mass is 16.4. The molecule has 0 fully saturated rings. The van der Waals surface area contributed by atoms with Crippen LogP contribution in [0, 0.1) is 0 Å². The first-order chi connectivity index (χ1) is 12.2. The molecule has 0 aliphatic heterocycles. The van der Waals surface area contributed by atoms with E-state index in [1.807, 2.05) is 31.3 Å². The first kappa shape index (κ1) is 16.8. The van der Waals surface area contributed by atoms with Crippen LogP contribution in [0.15, 0.2) is 65.1 Å². The Morgan fingerprint density at radius 3 is 2.56 bits per heavy atom. The summed E-state index contributed by atoms with van der Waals surface area (Å²) in [5.41, 5.74) is 3.37. The molecule has 0 saturated carbocycles. The molecule has 5 heteroatoms. The summed E-state index contributed by atoms with van der Waals surface area (Å²) in [6, 6.07) is 18.7. The number of anilines is 1. The predicted octanol–water partition coefficient (Wildman–Crippen LogP) is 3.98. The van der Waals surface area contributed by atoms with Gasteiger partial charge in [0.25, 0.3) is 0 Å². The quantitative estimate of drug-likeness (QED) is 0.608. The lowest BCUT2D eigenvalue weighted by Crippen LogP contribution is -2.05. The molecule has 1 aromatic heterocycles. The number of carboxylic acids is 1. The molecule has 3 aromatic rings. The van der Waals surface area contributed by atoms with Crippen LogP contribution in [-0.4, -0.2) is 18.1 Å². The molecule has 0 spiro atoms. The average molecular weight is 336 g/mol. The van der Waals surface area contributed by atoms with E-state index in [4.69, 9.17) is 9.52 Å². The van der Waals surface area contributed by atoms with Crippen molar-refractivity contribution < 1.29 is 14.3 Å². The Bertz CT molecular complexity index is 853. The predicted molar refractivity (Wildman–Crippen MR) is 97.6 cm³/mol. The summed E-state index contributed by atoms with van der Waals surface area (Å²) in [6.07, 6.45) is 0. The maximum absolute atomic E-state index is 10.9. The summed E-state index contributed by atoms with van der Waals surface area (Å²) in [5.74, 6) is 0.602. The molecular weight excluding hydrogens is 316 g/mol. The summed E-state index contributed by atoms with van der Waals surface area (Å²) in [7, 11) is 1.92. The van der Waals surface area contributed by atoms with Crippen LogP contribution in [-0.2, 0) is 13.1 Å². The molecule has 0 atom stereocenters. The molecule has 3 N–H and O–H groups in total. The zero-order valence-electron chi connectivity index (χ0n) is 14.0. The Morgan fingerprint density at radius 2 is 1.84 bits per heavy atom. The van der Waals surface area contributed by atoms with E-state index in [-0.39, 0.29) is 5.56 Å². The molecule has 1 heterocycles. The summed E-state index contributed by atoms with van der Waals surface area (Å²) in [6.45, 7) is 1.41. The second kappa shape index (κ2) is 7.68. The van der Waals surface area contributed by atoms with E-state index in [1.54, 1.807) is 24.3 Å². The van der Waals surface area contributed by atoms with Gasteiger partial charge in [-0.3, -0.25) is 0 Å². The highest BCUT2D eigenvalue weighted by Crippen LogP contribution is 2.23. The van der Waals surface area contributed by atoms with Gasteiger partial charge in [0.1, 0.15) is 11.5 Å². The largest absolute Gasteiger partial charge is 0.478 e. The van der Waals surface area contributed by atoms with E-state index in [0.29, 0.717) is 6.54 Å². The number of nitrogens with one attached hydrogen (secondary N) is 2. The highest BCUT2D eigenvalue weighted by Gasteiger charge is 2.07. The molecule has 128 valence electrons. The average Bonchev–Trinajstić information content (AvgIpc) is 3.10. The fraction of sp³-hybridized carbons (Fsp3) is 0.150. The van der Waals surface area contributed by atoms with Gasteiger partial charge in [0.05, 0.1) is 12.1 Å². The van der Waals surface area contributed by atoms with Gasteiger partial charge in [-0.1, -0.05) is 24.3 Å². The fourth-order valence-electron chi connectivity index (χ4n) is 2.59. The van der Waals surface area contributed by atoms with Crippen molar-refractivity contribution in [1.29, 1.82) is 0 Å². The summed E-state index contributed by atoms with van der Waals surface area (Å²) < 4.78 is 5.85. The molecule has 3 rings (SSSR count). The van der Waals surface area contributed by atoms with Crippen LogP contribution >= 0.6 is 0 Å². The lowest BCUT2D eigenvalue weighted by atomic mass is 10.1. The number of hydrogen-bond donors (Lipinski definition) is 3. The van der Waals surface area contributed by atoms with Crippen molar-refractivity contribution in [3.8, 4) is 11.3 Å². The van der Waals surface area contributed by atoms with E-state index < -0.39 is 5.97 Å². The lowest BCUT2D eigenvalue weighted by Gasteiger charge is -2.07. The minimum absolute atomic E-state index is 0.263. The number of hydrogen-bond acceptors (Lipinski definition) is 4. The third kappa shape index (κ3) is 4.28. The lowest BCUT2D eigenvalue weighted by molar-refractivity contribution is 0.0697. The number of carboxylic acid groups (broad SMARTS) is 1. The Kier molecular flexibility index (Phi) is 5.16. The Labute approximate surface area is 146 Å². The van der Waals surface area contributed by atoms with Crippen molar-refractivity contribution in [2.24, 2.45) is 0 Å². The molecule has 0 amide bonds. The summed E-state index contributed by atoms with van der Waals surface area (Å²) >= 11 is 0. The molecule has 0 aliphatic rings. The van der Waals surface area contributed by atoms with Crippen molar-refractivity contribution in [3.05, 3.63) is 77.6 Å².